The molecule has 0 aliphatic carbocycles. The van der Waals surface area contributed by atoms with Crippen LogP contribution in [0.3, 0.4) is 0 Å². The largest absolute Gasteiger partial charge is 0.451 e. The molecule has 24 heavy (non-hydrogen) atoms. The highest BCUT2D eigenvalue weighted by molar-refractivity contribution is 5.92. The number of likely N-dealkylation sites (N-methyl/N-ethyl adjacent to an activating group) is 1. The van der Waals surface area contributed by atoms with E-state index >= 15 is 0 Å². The molecule has 1 amide bonds. The first-order valence-electron chi connectivity index (χ1n) is 9.21. The number of hydrogen-bond donors (Lipinski definition) is 0. The summed E-state index contributed by atoms with van der Waals surface area (Å²) >= 11 is 0. The molecule has 4 atom stereocenters. The third-order valence-corrected chi connectivity index (χ3v) is 6.11. The molecule has 0 N–H and O–H groups in total. The Morgan fingerprint density at radius 1 is 1.33 bits per heavy atom. The van der Waals surface area contributed by atoms with Crippen LogP contribution in [-0.4, -0.2) is 77.9 Å². The highest BCUT2D eigenvalue weighted by Gasteiger charge is 2.48. The third kappa shape index (κ3) is 2.86. The minimum atomic E-state index is 0.0336. The number of amides is 1. The van der Waals surface area contributed by atoms with E-state index in [2.05, 4.69) is 28.9 Å². The van der Waals surface area contributed by atoms with Gasteiger partial charge < -0.3 is 14.2 Å². The molecule has 4 heterocycles. The van der Waals surface area contributed by atoms with E-state index in [0.717, 1.165) is 19.6 Å². The first-order chi connectivity index (χ1) is 11.6. The van der Waals surface area contributed by atoms with Gasteiger partial charge >= 0.3 is 0 Å². The van der Waals surface area contributed by atoms with Gasteiger partial charge in [-0.05, 0) is 51.7 Å². The van der Waals surface area contributed by atoms with Crippen molar-refractivity contribution in [1.82, 2.24) is 19.7 Å². The van der Waals surface area contributed by atoms with Crippen LogP contribution in [0.1, 0.15) is 36.2 Å². The average Bonchev–Trinajstić information content (AvgIpc) is 3.12. The van der Waals surface area contributed by atoms with Crippen LogP contribution in [0.2, 0.25) is 0 Å². The van der Waals surface area contributed by atoms with Gasteiger partial charge in [0.2, 0.25) is 0 Å². The minimum absolute atomic E-state index is 0.0336. The molecule has 3 aliphatic heterocycles. The van der Waals surface area contributed by atoms with Crippen molar-refractivity contribution in [2.45, 2.75) is 37.8 Å². The van der Waals surface area contributed by atoms with E-state index in [1.807, 2.05) is 4.90 Å². The van der Waals surface area contributed by atoms with Crippen molar-refractivity contribution in [1.29, 1.82) is 0 Å². The molecule has 132 valence electrons. The summed E-state index contributed by atoms with van der Waals surface area (Å²) in [6.45, 7) is 4.04. The summed E-state index contributed by atoms with van der Waals surface area (Å²) in [7, 11) is 4.32. The van der Waals surface area contributed by atoms with Crippen molar-refractivity contribution in [2.24, 2.45) is 11.8 Å². The van der Waals surface area contributed by atoms with Gasteiger partial charge in [0, 0.05) is 31.7 Å². The summed E-state index contributed by atoms with van der Waals surface area (Å²) in [5, 5.41) is 0. The van der Waals surface area contributed by atoms with Crippen LogP contribution < -0.4 is 0 Å². The minimum Gasteiger partial charge on any atom is -0.451 e. The lowest BCUT2D eigenvalue weighted by molar-refractivity contribution is -0.0703. The standard InChI is InChI=1S/C18H28N4O2/c1-20(2)10-17-14-7-13(16-5-3-4-6-22(16)17)8-21(9-14)18(23)15-11-24-12-19-15/h11-14,16-17H,3-10H2,1-2H3/t13-,14+,16+,17+/m1/s1. The number of hydrogen-bond acceptors (Lipinski definition) is 5. The monoisotopic (exact) mass is 332 g/mol. The van der Waals surface area contributed by atoms with Gasteiger partial charge in [0.15, 0.2) is 12.1 Å². The maximum atomic E-state index is 12.8. The molecule has 0 unspecified atom stereocenters. The Kier molecular flexibility index (Phi) is 4.35. The maximum Gasteiger partial charge on any atom is 0.275 e. The summed E-state index contributed by atoms with van der Waals surface area (Å²) in [5.74, 6) is 1.21. The second kappa shape index (κ2) is 6.48. The fourth-order valence-electron chi connectivity index (χ4n) is 5.18. The van der Waals surface area contributed by atoms with Crippen LogP contribution in [-0.2, 0) is 0 Å². The van der Waals surface area contributed by atoms with Crippen molar-refractivity contribution in [3.63, 3.8) is 0 Å². The number of fused-ring (bicyclic) bond motifs is 4. The van der Waals surface area contributed by atoms with Crippen molar-refractivity contribution in [3.8, 4) is 0 Å². The molecule has 6 heteroatoms. The summed E-state index contributed by atoms with van der Waals surface area (Å²) in [4.78, 5) is 23.9. The van der Waals surface area contributed by atoms with Crippen molar-refractivity contribution in [3.05, 3.63) is 18.4 Å². The Hall–Kier alpha value is -1.40. The zero-order valence-electron chi connectivity index (χ0n) is 14.7. The number of carbonyl (C=O) groups is 1. The number of oxazole rings is 1. The fourth-order valence-corrected chi connectivity index (χ4v) is 5.18. The topological polar surface area (TPSA) is 52.8 Å². The molecule has 3 fully saturated rings. The van der Waals surface area contributed by atoms with Crippen LogP contribution >= 0.6 is 0 Å². The highest BCUT2D eigenvalue weighted by Crippen LogP contribution is 2.41. The Morgan fingerprint density at radius 2 is 2.17 bits per heavy atom. The molecular weight excluding hydrogens is 304 g/mol. The van der Waals surface area contributed by atoms with E-state index in [9.17, 15) is 4.79 Å². The van der Waals surface area contributed by atoms with Crippen molar-refractivity contribution in [2.75, 3.05) is 40.3 Å². The Bertz CT molecular complexity index is 574. The van der Waals surface area contributed by atoms with Gasteiger partial charge in [-0.3, -0.25) is 9.69 Å². The van der Waals surface area contributed by atoms with Gasteiger partial charge in [0.1, 0.15) is 6.26 Å². The molecule has 6 nitrogen and oxygen atoms in total. The van der Waals surface area contributed by atoms with Gasteiger partial charge in [-0.15, -0.1) is 0 Å². The predicted molar refractivity (Wildman–Crippen MR) is 90.7 cm³/mol. The molecule has 3 saturated heterocycles. The number of rotatable bonds is 3. The van der Waals surface area contributed by atoms with Crippen LogP contribution in [0.5, 0.6) is 0 Å². The highest BCUT2D eigenvalue weighted by atomic mass is 16.3. The van der Waals surface area contributed by atoms with Crippen molar-refractivity contribution < 1.29 is 9.21 Å². The molecule has 3 aliphatic rings. The van der Waals surface area contributed by atoms with E-state index in [0.29, 0.717) is 29.6 Å². The lowest BCUT2D eigenvalue weighted by atomic mass is 9.72. The number of carbonyl (C=O) groups excluding carboxylic acids is 1. The second-order valence-electron chi connectivity index (χ2n) is 7.97. The van der Waals surface area contributed by atoms with E-state index in [-0.39, 0.29) is 5.91 Å². The molecule has 2 bridgehead atoms. The summed E-state index contributed by atoms with van der Waals surface area (Å²) in [5.41, 5.74) is 0.444. The van der Waals surface area contributed by atoms with Gasteiger partial charge in [0.05, 0.1) is 0 Å². The maximum absolute atomic E-state index is 12.8. The molecule has 0 aromatic carbocycles. The fraction of sp³-hybridized carbons (Fsp3) is 0.778. The summed E-state index contributed by atoms with van der Waals surface area (Å²) in [6, 6.07) is 1.21. The zero-order valence-corrected chi connectivity index (χ0v) is 14.7. The van der Waals surface area contributed by atoms with Crippen molar-refractivity contribution >= 4 is 5.91 Å². The van der Waals surface area contributed by atoms with E-state index in [1.165, 1.54) is 44.9 Å². The number of nitrogens with zero attached hydrogens (tertiary/aromatic N) is 4. The van der Waals surface area contributed by atoms with Crippen LogP contribution in [0.25, 0.3) is 0 Å². The van der Waals surface area contributed by atoms with E-state index in [4.69, 9.17) is 4.42 Å². The van der Waals surface area contributed by atoms with E-state index < -0.39 is 0 Å². The Labute approximate surface area is 143 Å². The lowest BCUT2D eigenvalue weighted by Crippen LogP contribution is -2.65. The zero-order chi connectivity index (χ0) is 16.7. The van der Waals surface area contributed by atoms with Crippen LogP contribution in [0, 0.1) is 11.8 Å². The van der Waals surface area contributed by atoms with Crippen LogP contribution in [0.15, 0.2) is 17.1 Å². The van der Waals surface area contributed by atoms with Gasteiger partial charge in [-0.1, -0.05) is 6.42 Å². The molecular formula is C18H28N4O2. The lowest BCUT2D eigenvalue weighted by Gasteiger charge is -2.57. The number of likely N-dealkylation sites (tertiary alicyclic amines) is 1. The van der Waals surface area contributed by atoms with Crippen LogP contribution in [0.4, 0.5) is 0 Å². The average molecular weight is 332 g/mol. The molecule has 4 rings (SSSR count). The number of piperidine rings is 3. The quantitative estimate of drug-likeness (QED) is 0.841. The first kappa shape index (κ1) is 16.1. The summed E-state index contributed by atoms with van der Waals surface area (Å²) < 4.78 is 5.01. The smallest absolute Gasteiger partial charge is 0.275 e. The van der Waals surface area contributed by atoms with Gasteiger partial charge in [-0.2, -0.15) is 0 Å². The predicted octanol–water partition coefficient (Wildman–Crippen LogP) is 1.55. The first-order valence-corrected chi connectivity index (χ1v) is 9.21. The molecule has 0 saturated carbocycles. The Balaban J connectivity index is 1.57. The SMILES string of the molecule is CN(C)C[C@H]1[C@H]2C[C@H](CN(C(=O)c3cocn3)C2)[C@@H]2CCCCN21. The van der Waals surface area contributed by atoms with Gasteiger partial charge in [0.25, 0.3) is 5.91 Å². The molecule has 0 spiro atoms. The molecule has 1 aromatic rings. The Morgan fingerprint density at radius 3 is 2.92 bits per heavy atom. The second-order valence-corrected chi connectivity index (χ2v) is 7.97. The number of aromatic nitrogens is 1. The molecule has 1 aromatic heterocycles. The third-order valence-electron chi connectivity index (χ3n) is 6.11. The summed E-state index contributed by atoms with van der Waals surface area (Å²) in [6.07, 6.45) is 8.01. The molecule has 0 radical (unpaired) electrons. The normalized spacial score (nSPS) is 33.5. The van der Waals surface area contributed by atoms with Gasteiger partial charge in [-0.25, -0.2) is 4.98 Å². The van der Waals surface area contributed by atoms with E-state index in [1.54, 1.807) is 0 Å².